The van der Waals surface area contributed by atoms with Gasteiger partial charge in [-0.05, 0) is 86.9 Å². The van der Waals surface area contributed by atoms with Crippen molar-refractivity contribution in [3.8, 4) is 22.9 Å². The zero-order valence-electron chi connectivity index (χ0n) is 26.4. The average molecular weight is 695 g/mol. The molecule has 0 saturated carbocycles. The van der Waals surface area contributed by atoms with Gasteiger partial charge in [0.25, 0.3) is 0 Å². The molecule has 0 aliphatic carbocycles. The Labute approximate surface area is 289 Å². The van der Waals surface area contributed by atoms with E-state index in [9.17, 15) is 9.59 Å². The Morgan fingerprint density at radius 3 is 1.47 bits per heavy atom. The van der Waals surface area contributed by atoms with Crippen molar-refractivity contribution < 1.29 is 19.1 Å². The molecule has 0 aliphatic heterocycles. The predicted molar refractivity (Wildman–Crippen MR) is 186 cm³/mol. The third-order valence-corrected chi connectivity index (χ3v) is 8.87. The van der Waals surface area contributed by atoms with Crippen LogP contribution in [0.25, 0.3) is 11.4 Å². The molecule has 0 saturated heterocycles. The topological polar surface area (TPSA) is 164 Å². The molecule has 0 atom stereocenters. The van der Waals surface area contributed by atoms with Crippen LogP contribution in [0.3, 0.4) is 0 Å². The van der Waals surface area contributed by atoms with E-state index in [0.29, 0.717) is 39.6 Å². The van der Waals surface area contributed by atoms with Crippen LogP contribution in [-0.4, -0.2) is 78.0 Å². The highest BCUT2D eigenvalue weighted by molar-refractivity contribution is 8.00. The predicted octanol–water partition coefficient (Wildman–Crippen LogP) is 4.71. The molecule has 0 aliphatic rings. The molecule has 49 heavy (non-hydrogen) atoms. The van der Waals surface area contributed by atoms with Crippen LogP contribution in [0.4, 0.5) is 11.4 Å². The number of tetrazole rings is 2. The summed E-state index contributed by atoms with van der Waals surface area (Å²) in [6.45, 7) is 0. The molecule has 0 unspecified atom stereocenters. The molecule has 0 fully saturated rings. The number of rotatable bonds is 14. The number of para-hydroxylation sites is 2. The average Bonchev–Trinajstić information content (AvgIpc) is 3.82. The maximum Gasteiger partial charge on any atom is 0.234 e. The lowest BCUT2D eigenvalue weighted by Gasteiger charge is -2.14. The highest BCUT2D eigenvalue weighted by atomic mass is 32.2. The summed E-state index contributed by atoms with van der Waals surface area (Å²) >= 11 is 2.46. The van der Waals surface area contributed by atoms with Gasteiger partial charge in [0.2, 0.25) is 22.1 Å². The van der Waals surface area contributed by atoms with Crippen molar-refractivity contribution in [3.05, 3.63) is 108 Å². The number of nitrogens with one attached hydrogen (secondary N) is 2. The number of hydrogen-bond acceptors (Lipinski definition) is 12. The van der Waals surface area contributed by atoms with Crippen LogP contribution in [-0.2, 0) is 16.0 Å². The molecule has 6 rings (SSSR count). The minimum atomic E-state index is -0.228. The van der Waals surface area contributed by atoms with E-state index in [1.165, 1.54) is 23.5 Å². The summed E-state index contributed by atoms with van der Waals surface area (Å²) in [4.78, 5) is 25.7. The number of nitrogens with zero attached hydrogens (tertiary/aromatic N) is 8. The van der Waals surface area contributed by atoms with Gasteiger partial charge >= 0.3 is 0 Å². The Bertz CT molecular complexity index is 1890. The second-order valence-corrected chi connectivity index (χ2v) is 12.2. The Kier molecular flexibility index (Phi) is 10.8. The first-order valence-electron chi connectivity index (χ1n) is 14.9. The number of thioether (sulfide) groups is 2. The Morgan fingerprint density at radius 1 is 0.633 bits per heavy atom. The molecular weight excluding hydrogens is 665 g/mol. The summed E-state index contributed by atoms with van der Waals surface area (Å²) in [6.07, 6.45) is 0.561. The quantitative estimate of drug-likeness (QED) is 0.151. The van der Waals surface area contributed by atoms with Gasteiger partial charge in [0.05, 0.1) is 48.5 Å². The number of aromatic nitrogens is 8. The first-order chi connectivity index (χ1) is 24.0. The van der Waals surface area contributed by atoms with Gasteiger partial charge in [-0.25, -0.2) is 0 Å². The van der Waals surface area contributed by atoms with Crippen LogP contribution in [0.2, 0.25) is 0 Å². The van der Waals surface area contributed by atoms with Gasteiger partial charge in [0.15, 0.2) is 0 Å². The lowest BCUT2D eigenvalue weighted by Crippen LogP contribution is -2.15. The van der Waals surface area contributed by atoms with Crippen LogP contribution in [0.1, 0.15) is 11.1 Å². The number of methoxy groups -OCH3 is 2. The van der Waals surface area contributed by atoms with E-state index >= 15 is 0 Å². The van der Waals surface area contributed by atoms with E-state index in [1.54, 1.807) is 23.6 Å². The summed E-state index contributed by atoms with van der Waals surface area (Å²) in [5.74, 6) is 0.800. The molecule has 0 bridgehead atoms. The van der Waals surface area contributed by atoms with Gasteiger partial charge in [-0.2, -0.15) is 9.36 Å². The Balaban J connectivity index is 1.04. The van der Waals surface area contributed by atoms with E-state index < -0.39 is 0 Å². The van der Waals surface area contributed by atoms with Crippen molar-refractivity contribution in [1.82, 2.24) is 40.4 Å². The van der Waals surface area contributed by atoms with Crippen molar-refractivity contribution in [3.63, 3.8) is 0 Å². The van der Waals surface area contributed by atoms with Crippen molar-refractivity contribution in [2.24, 2.45) is 0 Å². The van der Waals surface area contributed by atoms with Crippen LogP contribution in [0, 0.1) is 0 Å². The van der Waals surface area contributed by atoms with E-state index in [1.807, 2.05) is 97.1 Å². The summed E-state index contributed by atoms with van der Waals surface area (Å²) in [6, 6.07) is 30.1. The number of anilines is 2. The molecule has 248 valence electrons. The summed E-state index contributed by atoms with van der Waals surface area (Å²) in [5, 5.41) is 30.5. The molecule has 2 aromatic heterocycles. The first kappa shape index (κ1) is 33.2. The van der Waals surface area contributed by atoms with E-state index in [4.69, 9.17) is 9.47 Å². The molecule has 14 nitrogen and oxygen atoms in total. The fourth-order valence-corrected chi connectivity index (χ4v) is 6.15. The van der Waals surface area contributed by atoms with Crippen molar-refractivity contribution in [1.29, 1.82) is 0 Å². The van der Waals surface area contributed by atoms with E-state index in [-0.39, 0.29) is 23.3 Å². The molecule has 2 N–H and O–H groups in total. The van der Waals surface area contributed by atoms with Crippen LogP contribution in [0.15, 0.2) is 107 Å². The minimum absolute atomic E-state index is 0.103. The van der Waals surface area contributed by atoms with Gasteiger partial charge in [0.1, 0.15) is 11.5 Å². The highest BCUT2D eigenvalue weighted by Crippen LogP contribution is 2.30. The largest absolute Gasteiger partial charge is 0.495 e. The summed E-state index contributed by atoms with van der Waals surface area (Å²) in [7, 11) is 3.11. The van der Waals surface area contributed by atoms with Crippen LogP contribution in [0.5, 0.6) is 11.5 Å². The molecule has 0 radical (unpaired) electrons. The van der Waals surface area contributed by atoms with Gasteiger partial charge in [-0.3, -0.25) is 9.59 Å². The third-order valence-electron chi connectivity index (χ3n) is 7.04. The Morgan fingerprint density at radius 2 is 1.06 bits per heavy atom. The van der Waals surface area contributed by atoms with Gasteiger partial charge in [0, 0.05) is 0 Å². The minimum Gasteiger partial charge on any atom is -0.495 e. The number of carbonyl (C=O) groups is 2. The smallest absolute Gasteiger partial charge is 0.234 e. The molecule has 2 heterocycles. The summed E-state index contributed by atoms with van der Waals surface area (Å²) < 4.78 is 14.4. The maximum absolute atomic E-state index is 12.8. The number of hydrogen-bond donors (Lipinski definition) is 2. The number of carbonyl (C=O) groups excluding carboxylic acids is 2. The Hall–Kier alpha value is -5.74. The van der Waals surface area contributed by atoms with Crippen molar-refractivity contribution in [2.75, 3.05) is 36.4 Å². The van der Waals surface area contributed by atoms with Gasteiger partial charge in [-0.15, -0.1) is 10.2 Å². The normalized spacial score (nSPS) is 10.8. The number of ether oxygens (including phenoxy) is 2. The van der Waals surface area contributed by atoms with Crippen molar-refractivity contribution >= 4 is 46.7 Å². The molecule has 4 aromatic carbocycles. The molecular formula is C33H30N10O4S2. The monoisotopic (exact) mass is 694 g/mol. The van der Waals surface area contributed by atoms with Crippen LogP contribution < -0.4 is 20.1 Å². The zero-order valence-corrected chi connectivity index (χ0v) is 28.0. The summed E-state index contributed by atoms with van der Waals surface area (Å²) in [5.41, 5.74) is 4.62. The number of benzene rings is 4. The zero-order chi connectivity index (χ0) is 34.0. The lowest BCUT2D eigenvalue weighted by molar-refractivity contribution is -0.114. The second-order valence-electron chi connectivity index (χ2n) is 10.3. The van der Waals surface area contributed by atoms with E-state index in [2.05, 4.69) is 41.7 Å². The maximum atomic E-state index is 12.8. The van der Waals surface area contributed by atoms with Crippen LogP contribution >= 0.6 is 23.5 Å². The molecule has 16 heteroatoms. The first-order valence-corrected chi connectivity index (χ1v) is 16.8. The number of amides is 2. The SMILES string of the molecule is COc1cc(Cc2ccc(NC(=O)CSc3nnnn3-c3ccccc3)c(OC)c2)ccc1NC(=O)CSc1nnnn1-c1ccccc1. The molecule has 2 amide bonds. The van der Waals surface area contributed by atoms with Crippen molar-refractivity contribution in [2.45, 2.75) is 16.7 Å². The third kappa shape index (κ3) is 8.41. The van der Waals surface area contributed by atoms with E-state index in [0.717, 1.165) is 22.5 Å². The fourth-order valence-electron chi connectivity index (χ4n) is 4.77. The van der Waals surface area contributed by atoms with Gasteiger partial charge < -0.3 is 20.1 Å². The molecule has 6 aromatic rings. The van der Waals surface area contributed by atoms with Gasteiger partial charge in [-0.1, -0.05) is 72.1 Å². The standard InChI is InChI=1S/C33H30N10O4S2/c1-46-28-18-22(13-15-26(28)34-30(44)20-48-32-36-38-40-42(32)24-9-5-3-6-10-24)17-23-14-16-27(29(19-23)47-2)35-31(45)21-49-33-37-39-41-43(33)25-11-7-4-8-12-25/h3-16,18-19H,17,20-21H2,1-2H3,(H,34,44)(H,35,45). The fraction of sp³-hybridized carbons (Fsp3) is 0.152. The highest BCUT2D eigenvalue weighted by Gasteiger charge is 2.16. The second kappa shape index (κ2) is 15.9. The lowest BCUT2D eigenvalue weighted by atomic mass is 10.0. The molecule has 0 spiro atoms.